The van der Waals surface area contributed by atoms with Crippen molar-refractivity contribution in [3.63, 3.8) is 0 Å². The van der Waals surface area contributed by atoms with Gasteiger partial charge in [0.15, 0.2) is 0 Å². The number of hydrogen-bond donors (Lipinski definition) is 0. The first kappa shape index (κ1) is 35.8. The summed E-state index contributed by atoms with van der Waals surface area (Å²) in [5, 5.41) is 2.57. The average Bonchev–Trinajstić information content (AvgIpc) is 3.51. The molecule has 53 heavy (non-hydrogen) atoms. The van der Waals surface area contributed by atoms with E-state index in [-0.39, 0.29) is 0 Å². The lowest BCUT2D eigenvalue weighted by Gasteiger charge is -2.17. The van der Waals surface area contributed by atoms with E-state index in [9.17, 15) is 0 Å². The molecule has 1 heterocycles. The molecule has 0 radical (unpaired) electrons. The monoisotopic (exact) mass is 693 g/mol. The van der Waals surface area contributed by atoms with Gasteiger partial charge >= 0.3 is 0 Å². The van der Waals surface area contributed by atoms with E-state index >= 15 is 0 Å². The lowest BCUT2D eigenvalue weighted by Crippen LogP contribution is -2.02. The number of rotatable bonds is 12. The standard InChI is InChI=1S/C51H51NO/c1-7-9-11-12-16-23-41-36(4)19-17-25-45(41)52-46-32-29-40(42-24-18-26-48(53-6)50(42)38-21-14-13-15-22-38)34-44(46)51-47(52)31-28-37(5)49(51)43-30-27-35(3)33-39(43)20-10-8-2/h9,11-19,21-22,24-34H,7-8,10,20,23H2,1-6H3/b11-9-,16-12-. The van der Waals surface area contributed by atoms with E-state index < -0.39 is 0 Å². The summed E-state index contributed by atoms with van der Waals surface area (Å²) in [6.45, 7) is 11.2. The fraction of sp³-hybridized carbons (Fsp3) is 0.216. The van der Waals surface area contributed by atoms with Gasteiger partial charge in [0.05, 0.1) is 18.1 Å². The summed E-state index contributed by atoms with van der Waals surface area (Å²) < 4.78 is 8.52. The van der Waals surface area contributed by atoms with Crippen LogP contribution in [0.4, 0.5) is 0 Å². The van der Waals surface area contributed by atoms with Crippen LogP contribution in [0.1, 0.15) is 60.9 Å². The Balaban J connectivity index is 1.57. The molecule has 0 aliphatic heterocycles. The smallest absolute Gasteiger partial charge is 0.127 e. The van der Waals surface area contributed by atoms with E-state index in [1.807, 2.05) is 0 Å². The van der Waals surface area contributed by atoms with Gasteiger partial charge in [-0.15, -0.1) is 0 Å². The second-order valence-electron chi connectivity index (χ2n) is 14.3. The molecular weight excluding hydrogens is 643 g/mol. The Morgan fingerprint density at radius 2 is 1.43 bits per heavy atom. The van der Waals surface area contributed by atoms with Crippen molar-refractivity contribution in [3.8, 4) is 44.8 Å². The maximum atomic E-state index is 5.99. The number of ether oxygens (including phenoxy) is 1. The SMILES string of the molecule is CC/C=C\C=C/Cc1c(C)cccc1-n1c2ccc(-c3cccc(OC)c3-c3ccccc3)cc2c2c(-c3ccc(C)cc3CCCC)c(C)ccc21. The van der Waals surface area contributed by atoms with Gasteiger partial charge in [0.2, 0.25) is 0 Å². The highest BCUT2D eigenvalue weighted by molar-refractivity contribution is 6.17. The van der Waals surface area contributed by atoms with Crippen LogP contribution in [0.25, 0.3) is 60.9 Å². The Kier molecular flexibility index (Phi) is 10.8. The second-order valence-corrected chi connectivity index (χ2v) is 14.3. The number of benzene rings is 6. The Labute approximate surface area is 316 Å². The zero-order valence-corrected chi connectivity index (χ0v) is 32.2. The molecule has 6 aromatic carbocycles. The van der Waals surface area contributed by atoms with Gasteiger partial charge in [-0.05, 0) is 127 Å². The molecule has 1 aromatic heterocycles. The minimum atomic E-state index is 0.859. The maximum absolute atomic E-state index is 5.99. The summed E-state index contributed by atoms with van der Waals surface area (Å²) in [4.78, 5) is 0. The molecule has 2 heteroatoms. The fourth-order valence-corrected chi connectivity index (χ4v) is 8.02. The third kappa shape index (κ3) is 6.99. The molecule has 0 saturated heterocycles. The summed E-state index contributed by atoms with van der Waals surface area (Å²) in [5.41, 5.74) is 17.6. The predicted molar refractivity (Wildman–Crippen MR) is 229 cm³/mol. The molecular formula is C51H51NO. The number of unbranched alkanes of at least 4 members (excludes halogenated alkanes) is 1. The zero-order chi connectivity index (χ0) is 36.9. The topological polar surface area (TPSA) is 14.2 Å². The van der Waals surface area contributed by atoms with Crippen LogP contribution in [0.2, 0.25) is 0 Å². The molecule has 0 amide bonds. The molecule has 0 aliphatic rings. The van der Waals surface area contributed by atoms with Crippen molar-refractivity contribution in [2.45, 2.75) is 66.7 Å². The quantitative estimate of drug-likeness (QED) is 0.116. The molecule has 0 fully saturated rings. The van der Waals surface area contributed by atoms with Gasteiger partial charge in [-0.3, -0.25) is 0 Å². The minimum Gasteiger partial charge on any atom is -0.496 e. The van der Waals surface area contributed by atoms with E-state index in [0.29, 0.717) is 0 Å². The first-order valence-electron chi connectivity index (χ1n) is 19.3. The second kappa shape index (κ2) is 16.0. The van der Waals surface area contributed by atoms with Gasteiger partial charge in [0.25, 0.3) is 0 Å². The van der Waals surface area contributed by atoms with Crippen LogP contribution in [0, 0.1) is 20.8 Å². The molecule has 0 aliphatic carbocycles. The van der Waals surface area contributed by atoms with E-state index in [0.717, 1.165) is 41.7 Å². The first-order valence-corrected chi connectivity index (χ1v) is 19.3. The molecule has 0 bridgehead atoms. The molecule has 0 atom stereocenters. The summed E-state index contributed by atoms with van der Waals surface area (Å²) in [7, 11) is 1.77. The van der Waals surface area contributed by atoms with Crippen LogP contribution in [0.3, 0.4) is 0 Å². The highest BCUT2D eigenvalue weighted by atomic mass is 16.5. The average molecular weight is 694 g/mol. The normalized spacial score (nSPS) is 11.8. The summed E-state index contributed by atoms with van der Waals surface area (Å²) in [6.07, 6.45) is 14.1. The molecule has 2 nitrogen and oxygen atoms in total. The highest BCUT2D eigenvalue weighted by Crippen LogP contribution is 2.45. The first-order chi connectivity index (χ1) is 25.9. The summed E-state index contributed by atoms with van der Waals surface area (Å²) in [5.74, 6) is 0.874. The lowest BCUT2D eigenvalue weighted by atomic mass is 9.88. The van der Waals surface area contributed by atoms with Crippen molar-refractivity contribution in [1.82, 2.24) is 4.57 Å². The summed E-state index contributed by atoms with van der Waals surface area (Å²) in [6, 6.07) is 42.6. The van der Waals surface area contributed by atoms with Crippen molar-refractivity contribution in [3.05, 3.63) is 167 Å². The molecule has 0 spiro atoms. The third-order valence-corrected chi connectivity index (χ3v) is 10.7. The molecule has 266 valence electrons. The molecule has 0 N–H and O–H groups in total. The Morgan fingerprint density at radius 1 is 0.642 bits per heavy atom. The van der Waals surface area contributed by atoms with Gasteiger partial charge in [0, 0.05) is 22.0 Å². The van der Waals surface area contributed by atoms with Gasteiger partial charge < -0.3 is 9.30 Å². The van der Waals surface area contributed by atoms with E-state index in [1.54, 1.807) is 7.11 Å². The van der Waals surface area contributed by atoms with E-state index in [4.69, 9.17) is 4.74 Å². The Morgan fingerprint density at radius 3 is 2.23 bits per heavy atom. The molecule has 7 aromatic rings. The molecule has 0 unspecified atom stereocenters. The number of methoxy groups -OCH3 is 1. The number of allylic oxidation sites excluding steroid dienone is 4. The van der Waals surface area contributed by atoms with E-state index in [1.165, 1.54) is 84.8 Å². The van der Waals surface area contributed by atoms with Gasteiger partial charge in [-0.25, -0.2) is 0 Å². The van der Waals surface area contributed by atoms with Crippen molar-refractivity contribution < 1.29 is 4.74 Å². The van der Waals surface area contributed by atoms with Crippen LogP contribution < -0.4 is 4.74 Å². The van der Waals surface area contributed by atoms with E-state index in [2.05, 4.69) is 179 Å². The lowest BCUT2D eigenvalue weighted by molar-refractivity contribution is 0.416. The summed E-state index contributed by atoms with van der Waals surface area (Å²) >= 11 is 0. The number of nitrogens with zero attached hydrogens (tertiary/aromatic N) is 1. The van der Waals surface area contributed by atoms with Crippen LogP contribution in [0.15, 0.2) is 140 Å². The van der Waals surface area contributed by atoms with Crippen LogP contribution in [-0.4, -0.2) is 11.7 Å². The van der Waals surface area contributed by atoms with Crippen molar-refractivity contribution >= 4 is 21.8 Å². The predicted octanol–water partition coefficient (Wildman–Crippen LogP) is 14.1. The van der Waals surface area contributed by atoms with Gasteiger partial charge in [0.1, 0.15) is 5.75 Å². The highest BCUT2D eigenvalue weighted by Gasteiger charge is 2.22. The van der Waals surface area contributed by atoms with Crippen molar-refractivity contribution in [2.75, 3.05) is 7.11 Å². The number of hydrogen-bond acceptors (Lipinski definition) is 1. The van der Waals surface area contributed by atoms with Gasteiger partial charge in [-0.1, -0.05) is 135 Å². The molecule has 7 rings (SSSR count). The van der Waals surface area contributed by atoms with Crippen molar-refractivity contribution in [1.29, 1.82) is 0 Å². The van der Waals surface area contributed by atoms with Crippen molar-refractivity contribution in [2.24, 2.45) is 0 Å². The maximum Gasteiger partial charge on any atom is 0.127 e. The third-order valence-electron chi connectivity index (χ3n) is 10.7. The minimum absolute atomic E-state index is 0.859. The number of fused-ring (bicyclic) bond motifs is 3. The fourth-order valence-electron chi connectivity index (χ4n) is 8.02. The Hall–Kier alpha value is -5.60. The van der Waals surface area contributed by atoms with Crippen LogP contribution in [-0.2, 0) is 12.8 Å². The zero-order valence-electron chi connectivity index (χ0n) is 32.2. The Bertz CT molecular complexity index is 2460. The van der Waals surface area contributed by atoms with Crippen LogP contribution >= 0.6 is 0 Å². The largest absolute Gasteiger partial charge is 0.496 e. The van der Waals surface area contributed by atoms with Crippen LogP contribution in [0.5, 0.6) is 5.75 Å². The number of aromatic nitrogens is 1. The number of aryl methyl sites for hydroxylation is 4. The van der Waals surface area contributed by atoms with Gasteiger partial charge in [-0.2, -0.15) is 0 Å². The molecule has 0 saturated carbocycles.